The van der Waals surface area contributed by atoms with Gasteiger partial charge in [0.05, 0.1) is 17.2 Å². The molecule has 2 heterocycles. The topological polar surface area (TPSA) is 109 Å². The summed E-state index contributed by atoms with van der Waals surface area (Å²) in [6, 6.07) is 5.30. The third kappa shape index (κ3) is 3.85. The molecule has 148 valence electrons. The zero-order chi connectivity index (χ0) is 19.8. The summed E-state index contributed by atoms with van der Waals surface area (Å²) in [4.78, 5) is 30.3. The predicted molar refractivity (Wildman–Crippen MR) is 102 cm³/mol. The number of piperidine rings is 1. The van der Waals surface area contributed by atoms with Crippen LogP contribution in [0.15, 0.2) is 22.7 Å². The number of carboxylic acids is 1. The van der Waals surface area contributed by atoms with Gasteiger partial charge in [0.1, 0.15) is 0 Å². The summed E-state index contributed by atoms with van der Waals surface area (Å²) in [7, 11) is 0. The minimum Gasteiger partial charge on any atom is -0.481 e. The summed E-state index contributed by atoms with van der Waals surface area (Å²) in [6.07, 6.45) is 2.74. The van der Waals surface area contributed by atoms with E-state index >= 15 is 0 Å². The van der Waals surface area contributed by atoms with Crippen LogP contribution in [0.3, 0.4) is 0 Å². The van der Waals surface area contributed by atoms with Crippen molar-refractivity contribution in [1.29, 1.82) is 0 Å². The third-order valence-electron chi connectivity index (χ3n) is 5.33. The molecule has 2 aromatic rings. The van der Waals surface area contributed by atoms with Crippen molar-refractivity contribution in [3.63, 3.8) is 0 Å². The van der Waals surface area contributed by atoms with Crippen LogP contribution in [0, 0.1) is 18.8 Å². The molecule has 1 saturated carbocycles. The van der Waals surface area contributed by atoms with Crippen LogP contribution in [-0.2, 0) is 4.79 Å². The molecule has 1 aliphatic heterocycles. The summed E-state index contributed by atoms with van der Waals surface area (Å²) >= 11 is 0. The molecule has 1 aromatic carbocycles. The number of urea groups is 1. The number of aliphatic carboxylic acids is 1. The van der Waals surface area contributed by atoms with E-state index < -0.39 is 11.9 Å². The lowest BCUT2D eigenvalue weighted by Gasteiger charge is -2.34. The average Bonchev–Trinajstić information content (AvgIpc) is 3.39. The number of amides is 2. The van der Waals surface area contributed by atoms with Crippen LogP contribution in [0.5, 0.6) is 0 Å². The number of hydrogen-bond acceptors (Lipinski definition) is 5. The standard InChI is InChI=1S/C20H24N4O4/c1-11-3-6-16(15(8-11)18-22-17(23-28-18)13-4-5-13)21-20(27)24-9-12(2)7-14(10-24)19(25)26/h3,6,8,12-14H,4-5,7,9-10H2,1-2H3,(H,21,27)(H,25,26). The average molecular weight is 384 g/mol. The zero-order valence-corrected chi connectivity index (χ0v) is 16.0. The molecule has 8 nitrogen and oxygen atoms in total. The lowest BCUT2D eigenvalue weighted by molar-refractivity contribution is -0.143. The first kappa shape index (κ1) is 18.5. The van der Waals surface area contributed by atoms with Crippen LogP contribution in [0.4, 0.5) is 10.5 Å². The number of hydrogen-bond donors (Lipinski definition) is 2. The summed E-state index contributed by atoms with van der Waals surface area (Å²) in [5.74, 6) is 0.209. The van der Waals surface area contributed by atoms with Gasteiger partial charge in [-0.25, -0.2) is 4.79 Å². The van der Waals surface area contributed by atoms with Gasteiger partial charge in [-0.3, -0.25) is 4.79 Å². The smallest absolute Gasteiger partial charge is 0.321 e. The van der Waals surface area contributed by atoms with Crippen molar-refractivity contribution in [2.24, 2.45) is 11.8 Å². The Labute approximate surface area is 162 Å². The summed E-state index contributed by atoms with van der Waals surface area (Å²) in [5.41, 5.74) is 2.26. The molecule has 4 rings (SSSR count). The van der Waals surface area contributed by atoms with Crippen molar-refractivity contribution in [3.05, 3.63) is 29.6 Å². The Morgan fingerprint density at radius 2 is 2.07 bits per heavy atom. The number of carbonyl (C=O) groups excluding carboxylic acids is 1. The number of likely N-dealkylation sites (tertiary alicyclic amines) is 1. The molecule has 2 fully saturated rings. The Hall–Kier alpha value is -2.90. The van der Waals surface area contributed by atoms with E-state index in [9.17, 15) is 14.7 Å². The van der Waals surface area contributed by atoms with Crippen molar-refractivity contribution in [1.82, 2.24) is 15.0 Å². The fraction of sp³-hybridized carbons (Fsp3) is 0.500. The number of nitrogens with one attached hydrogen (secondary N) is 1. The molecule has 2 N–H and O–H groups in total. The molecule has 0 spiro atoms. The van der Waals surface area contributed by atoms with Gasteiger partial charge in [-0.2, -0.15) is 4.98 Å². The number of anilines is 1. The monoisotopic (exact) mass is 384 g/mol. The van der Waals surface area contributed by atoms with Crippen LogP contribution in [0.1, 0.15) is 43.5 Å². The lowest BCUT2D eigenvalue weighted by atomic mass is 9.91. The van der Waals surface area contributed by atoms with Crippen molar-refractivity contribution < 1.29 is 19.2 Å². The molecule has 2 aliphatic rings. The van der Waals surface area contributed by atoms with Crippen molar-refractivity contribution in [2.45, 2.75) is 39.0 Å². The number of aromatic nitrogens is 2. The van der Waals surface area contributed by atoms with Gasteiger partial charge in [-0.05, 0) is 44.2 Å². The fourth-order valence-corrected chi connectivity index (χ4v) is 3.69. The van der Waals surface area contributed by atoms with E-state index in [2.05, 4.69) is 15.5 Å². The van der Waals surface area contributed by atoms with Crippen molar-refractivity contribution in [3.8, 4) is 11.5 Å². The number of aryl methyl sites for hydroxylation is 1. The second-order valence-electron chi connectivity index (χ2n) is 7.99. The molecule has 0 bridgehead atoms. The van der Waals surface area contributed by atoms with Gasteiger partial charge in [0.15, 0.2) is 5.82 Å². The molecule has 1 aliphatic carbocycles. The number of carbonyl (C=O) groups is 2. The van der Waals surface area contributed by atoms with Crippen LogP contribution < -0.4 is 5.32 Å². The van der Waals surface area contributed by atoms with E-state index in [1.807, 2.05) is 32.0 Å². The minimum absolute atomic E-state index is 0.134. The first-order valence-electron chi connectivity index (χ1n) is 9.64. The number of rotatable bonds is 4. The largest absolute Gasteiger partial charge is 0.481 e. The van der Waals surface area contributed by atoms with Crippen molar-refractivity contribution in [2.75, 3.05) is 18.4 Å². The quantitative estimate of drug-likeness (QED) is 0.835. The highest BCUT2D eigenvalue weighted by atomic mass is 16.5. The summed E-state index contributed by atoms with van der Waals surface area (Å²) < 4.78 is 5.44. The number of carboxylic acid groups (broad SMARTS) is 1. The van der Waals surface area contributed by atoms with Gasteiger partial charge < -0.3 is 19.8 Å². The summed E-state index contributed by atoms with van der Waals surface area (Å²) in [6.45, 7) is 4.66. The lowest BCUT2D eigenvalue weighted by Crippen LogP contribution is -2.47. The van der Waals surface area contributed by atoms with Crippen LogP contribution in [0.25, 0.3) is 11.5 Å². The molecule has 1 aromatic heterocycles. The highest BCUT2D eigenvalue weighted by Crippen LogP contribution is 2.39. The van der Waals surface area contributed by atoms with E-state index in [1.54, 1.807) is 4.90 Å². The maximum absolute atomic E-state index is 12.8. The zero-order valence-electron chi connectivity index (χ0n) is 16.0. The van der Waals surface area contributed by atoms with E-state index in [0.717, 1.165) is 18.4 Å². The fourth-order valence-electron chi connectivity index (χ4n) is 3.69. The van der Waals surface area contributed by atoms with E-state index in [1.165, 1.54) is 0 Å². The van der Waals surface area contributed by atoms with E-state index in [0.29, 0.717) is 41.8 Å². The van der Waals surface area contributed by atoms with Gasteiger partial charge in [0.25, 0.3) is 5.89 Å². The molecule has 2 amide bonds. The normalized spacial score (nSPS) is 22.1. The maximum Gasteiger partial charge on any atom is 0.321 e. The molecular formula is C20H24N4O4. The molecule has 28 heavy (non-hydrogen) atoms. The predicted octanol–water partition coefficient (Wildman–Crippen LogP) is 3.50. The van der Waals surface area contributed by atoms with Crippen LogP contribution in [-0.4, -0.2) is 45.2 Å². The Kier molecular flexibility index (Phi) is 4.78. The molecular weight excluding hydrogens is 360 g/mol. The van der Waals surface area contributed by atoms with Gasteiger partial charge in [0, 0.05) is 19.0 Å². The number of nitrogens with zero attached hydrogens (tertiary/aromatic N) is 3. The summed E-state index contributed by atoms with van der Waals surface area (Å²) in [5, 5.41) is 16.3. The van der Waals surface area contributed by atoms with E-state index in [4.69, 9.17) is 4.52 Å². The molecule has 2 unspecified atom stereocenters. The van der Waals surface area contributed by atoms with Gasteiger partial charge in [-0.1, -0.05) is 23.7 Å². The molecule has 8 heteroatoms. The Morgan fingerprint density at radius 3 is 2.79 bits per heavy atom. The number of benzene rings is 1. The van der Waals surface area contributed by atoms with Crippen LogP contribution >= 0.6 is 0 Å². The molecule has 2 atom stereocenters. The molecule has 1 saturated heterocycles. The maximum atomic E-state index is 12.8. The highest BCUT2D eigenvalue weighted by molar-refractivity contribution is 5.94. The van der Waals surface area contributed by atoms with Crippen molar-refractivity contribution >= 4 is 17.7 Å². The SMILES string of the molecule is Cc1ccc(NC(=O)N2CC(C)CC(C(=O)O)C2)c(-c2nc(C3CC3)no2)c1. The Bertz CT molecular complexity index is 905. The molecule has 0 radical (unpaired) electrons. The van der Waals surface area contributed by atoms with Gasteiger partial charge in [-0.15, -0.1) is 0 Å². The Morgan fingerprint density at radius 1 is 1.29 bits per heavy atom. The minimum atomic E-state index is -0.862. The van der Waals surface area contributed by atoms with Gasteiger partial charge in [0.2, 0.25) is 0 Å². The second-order valence-corrected chi connectivity index (χ2v) is 7.99. The van der Waals surface area contributed by atoms with E-state index in [-0.39, 0.29) is 18.5 Å². The Balaban J connectivity index is 1.55. The van der Waals surface area contributed by atoms with Gasteiger partial charge >= 0.3 is 12.0 Å². The van der Waals surface area contributed by atoms with Crippen LogP contribution in [0.2, 0.25) is 0 Å². The third-order valence-corrected chi connectivity index (χ3v) is 5.33. The highest BCUT2D eigenvalue weighted by Gasteiger charge is 2.33. The second kappa shape index (κ2) is 7.26. The first-order valence-corrected chi connectivity index (χ1v) is 9.64. The first-order chi connectivity index (χ1) is 13.4.